The van der Waals surface area contributed by atoms with E-state index in [0.29, 0.717) is 0 Å². The normalized spacial score (nSPS) is 31.9. The fourth-order valence-electron chi connectivity index (χ4n) is 3.50. The number of ether oxygens (including phenoxy) is 5. The number of hydrogen-bond acceptors (Lipinski definition) is 7. The first-order valence-electron chi connectivity index (χ1n) is 9.76. The molecule has 0 aliphatic carbocycles. The lowest BCUT2D eigenvalue weighted by Gasteiger charge is -2.49. The molecule has 9 heteroatoms. The van der Waals surface area contributed by atoms with Gasteiger partial charge >= 0.3 is 5.97 Å². The van der Waals surface area contributed by atoms with Crippen LogP contribution in [0.25, 0.3) is 0 Å². The summed E-state index contributed by atoms with van der Waals surface area (Å²) in [7, 11) is 0. The lowest BCUT2D eigenvalue weighted by atomic mass is 9.95. The second-order valence-electron chi connectivity index (χ2n) is 7.15. The number of carbonyl (C=O) groups excluding carboxylic acids is 1. The largest absolute Gasteiger partial charge is 0.479 e. The van der Waals surface area contributed by atoms with Crippen molar-refractivity contribution in [2.24, 2.45) is 0 Å². The predicted octanol–water partition coefficient (Wildman–Crippen LogP) is 1.39. The van der Waals surface area contributed by atoms with E-state index >= 15 is 0 Å². The zero-order chi connectivity index (χ0) is 21.7. The van der Waals surface area contributed by atoms with E-state index in [1.165, 1.54) is 13.8 Å². The first kappa shape index (κ1) is 22.4. The van der Waals surface area contributed by atoms with E-state index in [2.05, 4.69) is 11.9 Å². The lowest BCUT2D eigenvalue weighted by Crippen LogP contribution is -2.68. The Bertz CT molecular complexity index is 742. The van der Waals surface area contributed by atoms with Gasteiger partial charge in [0, 0.05) is 12.5 Å². The number of fused-ring (bicyclic) bond motifs is 1. The molecule has 0 aromatic heterocycles. The van der Waals surface area contributed by atoms with Gasteiger partial charge in [-0.2, -0.15) is 0 Å². The molecule has 2 aliphatic heterocycles. The Labute approximate surface area is 174 Å². The third-order valence-electron chi connectivity index (χ3n) is 4.87. The Hall–Kier alpha value is -2.30. The van der Waals surface area contributed by atoms with Gasteiger partial charge in [-0.3, -0.25) is 4.79 Å². The number of carbonyl (C=O) groups is 2. The van der Waals surface area contributed by atoms with E-state index in [9.17, 15) is 14.7 Å². The monoisotopic (exact) mass is 421 g/mol. The molecular weight excluding hydrogens is 394 g/mol. The van der Waals surface area contributed by atoms with E-state index < -0.39 is 49.0 Å². The minimum atomic E-state index is -1.13. The molecule has 2 fully saturated rings. The molecule has 2 heterocycles. The van der Waals surface area contributed by atoms with Gasteiger partial charge in [0.1, 0.15) is 24.4 Å². The van der Waals surface area contributed by atoms with Crippen LogP contribution in [0.1, 0.15) is 25.7 Å². The number of nitrogens with one attached hydrogen (secondary N) is 1. The van der Waals surface area contributed by atoms with Crippen molar-refractivity contribution in [3.05, 3.63) is 48.6 Å². The summed E-state index contributed by atoms with van der Waals surface area (Å²) in [6.07, 6.45) is -3.25. The summed E-state index contributed by atoms with van der Waals surface area (Å²) in [6.45, 7) is 6.76. The van der Waals surface area contributed by atoms with Crippen LogP contribution >= 0.6 is 0 Å². The maximum atomic E-state index is 11.9. The first-order chi connectivity index (χ1) is 14.4. The van der Waals surface area contributed by atoms with Crippen LogP contribution in [0.2, 0.25) is 0 Å². The van der Waals surface area contributed by atoms with E-state index in [-0.39, 0.29) is 19.1 Å². The maximum Gasteiger partial charge on any atom is 0.332 e. The summed E-state index contributed by atoms with van der Waals surface area (Å²) < 4.78 is 29.5. The minimum Gasteiger partial charge on any atom is -0.479 e. The van der Waals surface area contributed by atoms with Gasteiger partial charge in [0.05, 0.1) is 13.2 Å². The van der Waals surface area contributed by atoms with Crippen LogP contribution in [-0.4, -0.2) is 66.9 Å². The van der Waals surface area contributed by atoms with Crippen LogP contribution in [0.4, 0.5) is 0 Å². The zero-order valence-electron chi connectivity index (χ0n) is 16.9. The molecule has 0 radical (unpaired) electrons. The average Bonchev–Trinajstić information content (AvgIpc) is 2.73. The molecule has 30 heavy (non-hydrogen) atoms. The van der Waals surface area contributed by atoms with Crippen molar-refractivity contribution in [2.75, 3.05) is 13.2 Å². The number of carboxylic acid groups (broad SMARTS) is 1. The molecule has 0 spiro atoms. The van der Waals surface area contributed by atoms with E-state index in [1.807, 2.05) is 30.3 Å². The van der Waals surface area contributed by atoms with Crippen LogP contribution in [-0.2, 0) is 33.3 Å². The van der Waals surface area contributed by atoms with Gasteiger partial charge < -0.3 is 34.1 Å². The number of benzene rings is 1. The highest BCUT2D eigenvalue weighted by Gasteiger charge is 2.52. The summed E-state index contributed by atoms with van der Waals surface area (Å²) >= 11 is 0. The molecule has 2 saturated heterocycles. The number of aliphatic carboxylic acids is 1. The van der Waals surface area contributed by atoms with Crippen LogP contribution < -0.4 is 5.32 Å². The van der Waals surface area contributed by atoms with Crippen molar-refractivity contribution < 1.29 is 38.4 Å². The predicted molar refractivity (Wildman–Crippen MR) is 104 cm³/mol. The molecule has 0 bridgehead atoms. The Morgan fingerprint density at radius 3 is 2.70 bits per heavy atom. The van der Waals surface area contributed by atoms with Crippen molar-refractivity contribution in [3.8, 4) is 0 Å². The Balaban J connectivity index is 1.89. The van der Waals surface area contributed by atoms with Gasteiger partial charge in [0.2, 0.25) is 5.91 Å². The van der Waals surface area contributed by atoms with Crippen molar-refractivity contribution >= 4 is 11.9 Å². The van der Waals surface area contributed by atoms with Gasteiger partial charge in [0.15, 0.2) is 18.7 Å². The van der Waals surface area contributed by atoms with Crippen molar-refractivity contribution in [3.63, 3.8) is 0 Å². The second-order valence-corrected chi connectivity index (χ2v) is 7.15. The van der Waals surface area contributed by atoms with E-state index in [1.54, 1.807) is 6.08 Å². The van der Waals surface area contributed by atoms with Gasteiger partial charge in [-0.15, -0.1) is 6.58 Å². The lowest BCUT2D eigenvalue weighted by molar-refractivity contribution is -0.349. The molecule has 7 atom stereocenters. The highest BCUT2D eigenvalue weighted by atomic mass is 16.8. The third-order valence-corrected chi connectivity index (χ3v) is 4.87. The summed E-state index contributed by atoms with van der Waals surface area (Å²) in [5.41, 5.74) is 0.807. The van der Waals surface area contributed by atoms with Crippen molar-refractivity contribution in [2.45, 2.75) is 56.9 Å². The second kappa shape index (κ2) is 10.1. The fourth-order valence-corrected chi connectivity index (χ4v) is 3.50. The number of rotatable bonds is 8. The molecule has 164 valence electrons. The summed E-state index contributed by atoms with van der Waals surface area (Å²) in [5, 5.41) is 12.1. The molecule has 3 rings (SSSR count). The summed E-state index contributed by atoms with van der Waals surface area (Å²) in [6, 6.07) is 8.56. The summed E-state index contributed by atoms with van der Waals surface area (Å²) in [5.74, 6) is -1.47. The van der Waals surface area contributed by atoms with Crippen LogP contribution in [0, 0.1) is 0 Å². The Morgan fingerprint density at radius 1 is 1.33 bits per heavy atom. The van der Waals surface area contributed by atoms with Crippen molar-refractivity contribution in [1.82, 2.24) is 5.32 Å². The fraction of sp³-hybridized carbons (Fsp3) is 0.524. The van der Waals surface area contributed by atoms with Crippen molar-refractivity contribution in [1.29, 1.82) is 0 Å². The topological polar surface area (TPSA) is 113 Å². The van der Waals surface area contributed by atoms with Crippen LogP contribution in [0.15, 0.2) is 43.0 Å². The SMILES string of the molecule is C=CCO[C@H]1O[C@@H]2CO[C@@H](c3ccccc3)O[C@H]2[C@H](O[C@H](C)C(=O)O)[C@H]1NC(C)=O. The highest BCUT2D eigenvalue weighted by Crippen LogP contribution is 2.36. The number of amides is 1. The maximum absolute atomic E-state index is 11.9. The number of hydrogen-bond donors (Lipinski definition) is 2. The molecule has 1 amide bonds. The van der Waals surface area contributed by atoms with Crippen LogP contribution in [0.5, 0.6) is 0 Å². The Morgan fingerprint density at radius 2 is 2.07 bits per heavy atom. The molecule has 2 N–H and O–H groups in total. The molecule has 2 aliphatic rings. The average molecular weight is 421 g/mol. The van der Waals surface area contributed by atoms with Gasteiger partial charge in [-0.05, 0) is 6.92 Å². The number of carboxylic acids is 1. The molecule has 1 aromatic rings. The Kier molecular flexibility index (Phi) is 7.57. The standard InChI is InChI=1S/C21H27NO8/c1-4-10-26-21-16(22-13(3)23)18(28-12(2)19(24)25)17-15(29-21)11-27-20(30-17)14-8-6-5-7-9-14/h4-9,12,15-18,20-21H,1,10-11H2,2-3H3,(H,22,23)(H,24,25)/t12-,15-,16-,17-,18-,20-,21+/m1/s1. The van der Waals surface area contributed by atoms with E-state index in [0.717, 1.165) is 5.56 Å². The quantitative estimate of drug-likeness (QED) is 0.606. The highest BCUT2D eigenvalue weighted by molar-refractivity contribution is 5.73. The molecule has 9 nitrogen and oxygen atoms in total. The first-order valence-corrected chi connectivity index (χ1v) is 9.76. The molecule has 0 saturated carbocycles. The van der Waals surface area contributed by atoms with Gasteiger partial charge in [0.25, 0.3) is 0 Å². The molecule has 1 aromatic carbocycles. The smallest absolute Gasteiger partial charge is 0.332 e. The van der Waals surface area contributed by atoms with Gasteiger partial charge in [-0.1, -0.05) is 36.4 Å². The van der Waals surface area contributed by atoms with Gasteiger partial charge in [-0.25, -0.2) is 4.79 Å². The van der Waals surface area contributed by atoms with E-state index in [4.69, 9.17) is 23.7 Å². The minimum absolute atomic E-state index is 0.174. The summed E-state index contributed by atoms with van der Waals surface area (Å²) in [4.78, 5) is 23.3. The third kappa shape index (κ3) is 5.24. The molecule has 0 unspecified atom stereocenters. The zero-order valence-corrected chi connectivity index (χ0v) is 16.9. The van der Waals surface area contributed by atoms with Crippen LogP contribution in [0.3, 0.4) is 0 Å². The molecular formula is C21H27NO8.